The molecule has 0 spiro atoms. The summed E-state index contributed by atoms with van der Waals surface area (Å²) in [4.78, 5) is 32.9. The predicted molar refractivity (Wildman–Crippen MR) is 114 cm³/mol. The van der Waals surface area contributed by atoms with Gasteiger partial charge >= 0.3 is 0 Å². The summed E-state index contributed by atoms with van der Waals surface area (Å²) < 4.78 is 32.6. The van der Waals surface area contributed by atoms with Crippen molar-refractivity contribution < 1.29 is 17.9 Å². The number of aromatic nitrogens is 2. The van der Waals surface area contributed by atoms with Crippen LogP contribution in [0.2, 0.25) is 0 Å². The number of H-pyrrole nitrogens is 1. The van der Waals surface area contributed by atoms with E-state index >= 15 is 0 Å². The van der Waals surface area contributed by atoms with Gasteiger partial charge in [-0.05, 0) is 32.0 Å². The highest BCUT2D eigenvalue weighted by Crippen LogP contribution is 2.25. The van der Waals surface area contributed by atoms with Crippen molar-refractivity contribution >= 4 is 43.3 Å². The van der Waals surface area contributed by atoms with Crippen LogP contribution >= 0.6 is 11.3 Å². The molecule has 0 atom stereocenters. The first-order chi connectivity index (χ1) is 14.3. The van der Waals surface area contributed by atoms with Gasteiger partial charge in [-0.3, -0.25) is 14.9 Å². The summed E-state index contributed by atoms with van der Waals surface area (Å²) >= 11 is 1.33. The summed E-state index contributed by atoms with van der Waals surface area (Å²) in [7, 11) is -3.75. The fraction of sp³-hybridized carbons (Fsp3) is 0.316. The molecule has 1 aliphatic heterocycles. The molecule has 3 heterocycles. The number of amides is 1. The quantitative estimate of drug-likeness (QED) is 0.629. The van der Waals surface area contributed by atoms with Crippen LogP contribution < -0.4 is 10.9 Å². The van der Waals surface area contributed by atoms with Crippen LogP contribution in [0.1, 0.15) is 20.9 Å². The van der Waals surface area contributed by atoms with Gasteiger partial charge in [0.1, 0.15) is 0 Å². The normalized spacial score (nSPS) is 15.4. The molecule has 1 fully saturated rings. The van der Waals surface area contributed by atoms with Gasteiger partial charge in [-0.15, -0.1) is 11.3 Å². The highest BCUT2D eigenvalue weighted by Gasteiger charge is 2.27. The molecule has 1 aromatic carbocycles. The minimum absolute atomic E-state index is 0.0546. The largest absolute Gasteiger partial charge is 0.379 e. The summed E-state index contributed by atoms with van der Waals surface area (Å²) in [6, 6.07) is 5.51. The molecule has 2 N–H and O–H groups in total. The van der Waals surface area contributed by atoms with E-state index in [1.165, 1.54) is 33.8 Å². The molecule has 3 aromatic rings. The van der Waals surface area contributed by atoms with Crippen molar-refractivity contribution in [3.63, 3.8) is 0 Å². The van der Waals surface area contributed by atoms with Crippen LogP contribution in [0.4, 0.5) is 5.13 Å². The molecule has 1 saturated heterocycles. The number of thiazole rings is 1. The van der Waals surface area contributed by atoms with Gasteiger partial charge in [0, 0.05) is 34.9 Å². The van der Waals surface area contributed by atoms with E-state index in [1.54, 1.807) is 0 Å². The second kappa shape index (κ2) is 7.91. The molecule has 0 unspecified atom stereocenters. The minimum Gasteiger partial charge on any atom is -0.379 e. The number of aromatic amines is 1. The first-order valence-electron chi connectivity index (χ1n) is 9.26. The molecular weight excluding hydrogens is 428 g/mol. The number of hydrogen-bond acceptors (Lipinski definition) is 7. The molecule has 1 amide bonds. The van der Waals surface area contributed by atoms with E-state index in [0.717, 1.165) is 16.6 Å². The number of carbonyl (C=O) groups is 1. The molecule has 4 rings (SSSR count). The minimum atomic E-state index is -3.75. The van der Waals surface area contributed by atoms with Gasteiger partial charge in [0.2, 0.25) is 15.6 Å². The lowest BCUT2D eigenvalue weighted by Gasteiger charge is -2.26. The number of morpholine rings is 1. The van der Waals surface area contributed by atoms with Crippen LogP contribution in [-0.2, 0) is 14.8 Å². The maximum atomic E-state index is 13.0. The number of fused-ring (bicyclic) bond motifs is 1. The zero-order valence-corrected chi connectivity index (χ0v) is 18.0. The summed E-state index contributed by atoms with van der Waals surface area (Å²) in [6.45, 7) is 4.94. The fourth-order valence-electron chi connectivity index (χ4n) is 3.21. The van der Waals surface area contributed by atoms with E-state index in [2.05, 4.69) is 15.3 Å². The van der Waals surface area contributed by atoms with Crippen LogP contribution in [0.3, 0.4) is 0 Å². The topological polar surface area (TPSA) is 121 Å². The van der Waals surface area contributed by atoms with Crippen molar-refractivity contribution in [2.24, 2.45) is 0 Å². The third-order valence-electron chi connectivity index (χ3n) is 4.92. The van der Waals surface area contributed by atoms with Crippen molar-refractivity contribution in [3.05, 3.63) is 50.8 Å². The highest BCUT2D eigenvalue weighted by molar-refractivity contribution is 7.89. The number of carbonyl (C=O) groups excluding carboxylic acids is 1. The van der Waals surface area contributed by atoms with Gasteiger partial charge < -0.3 is 9.72 Å². The molecule has 158 valence electrons. The zero-order valence-electron chi connectivity index (χ0n) is 16.4. The Labute approximate surface area is 176 Å². The van der Waals surface area contributed by atoms with Gasteiger partial charge in [-0.1, -0.05) is 0 Å². The van der Waals surface area contributed by atoms with Crippen LogP contribution in [0.5, 0.6) is 0 Å². The number of nitrogens with one attached hydrogen (secondary N) is 2. The van der Waals surface area contributed by atoms with Crippen molar-refractivity contribution in [2.75, 3.05) is 31.6 Å². The number of pyridine rings is 1. The van der Waals surface area contributed by atoms with Gasteiger partial charge in [0.15, 0.2) is 5.13 Å². The van der Waals surface area contributed by atoms with Crippen molar-refractivity contribution in [1.29, 1.82) is 0 Å². The Kier molecular flexibility index (Phi) is 5.45. The Morgan fingerprint density at radius 1 is 1.23 bits per heavy atom. The first-order valence-corrected chi connectivity index (χ1v) is 11.5. The smallest absolute Gasteiger partial charge is 0.258 e. The summed E-state index contributed by atoms with van der Waals surface area (Å²) in [5.74, 6) is -0.527. The van der Waals surface area contributed by atoms with Gasteiger partial charge in [-0.25, -0.2) is 13.4 Å². The number of nitrogens with zero attached hydrogens (tertiary/aromatic N) is 2. The van der Waals surface area contributed by atoms with Crippen LogP contribution in [0.15, 0.2) is 34.0 Å². The molecule has 9 nitrogen and oxygen atoms in total. The number of aryl methyl sites for hydroxylation is 2. The van der Waals surface area contributed by atoms with E-state index < -0.39 is 21.5 Å². The molecule has 2 aromatic heterocycles. The average Bonchev–Trinajstić information content (AvgIpc) is 3.04. The van der Waals surface area contributed by atoms with E-state index in [0.29, 0.717) is 29.2 Å². The van der Waals surface area contributed by atoms with Gasteiger partial charge in [-0.2, -0.15) is 4.31 Å². The van der Waals surface area contributed by atoms with E-state index in [9.17, 15) is 18.0 Å². The van der Waals surface area contributed by atoms with Crippen LogP contribution in [-0.4, -0.2) is 54.9 Å². The highest BCUT2D eigenvalue weighted by atomic mass is 32.2. The molecular formula is C19H20N4O5S2. The standard InChI is InChI=1S/C19H20N4O5S2/c1-11-12(2)29-19(20-11)22-18(25)15-10-17(24)21-16-4-3-13(9-14(15)16)30(26,27)23-5-7-28-8-6-23/h3-4,9-10H,5-8H2,1-2H3,(H,21,24)(H,20,22,25). The Morgan fingerprint density at radius 2 is 1.97 bits per heavy atom. The lowest BCUT2D eigenvalue weighted by molar-refractivity contribution is 0.0730. The number of ether oxygens (including phenoxy) is 1. The van der Waals surface area contributed by atoms with E-state index in [4.69, 9.17) is 4.74 Å². The lowest BCUT2D eigenvalue weighted by atomic mass is 10.1. The Hall–Kier alpha value is -2.60. The number of benzene rings is 1. The molecule has 11 heteroatoms. The number of hydrogen-bond donors (Lipinski definition) is 2. The monoisotopic (exact) mass is 448 g/mol. The maximum absolute atomic E-state index is 13.0. The second-order valence-corrected chi connectivity index (χ2v) is 10.0. The first kappa shape index (κ1) is 20.7. The molecule has 0 saturated carbocycles. The number of rotatable bonds is 4. The number of anilines is 1. The van der Waals surface area contributed by atoms with Crippen molar-refractivity contribution in [3.8, 4) is 0 Å². The Morgan fingerprint density at radius 3 is 2.63 bits per heavy atom. The molecule has 0 aliphatic carbocycles. The van der Waals surface area contributed by atoms with Crippen LogP contribution in [0.25, 0.3) is 10.9 Å². The third-order valence-corrected chi connectivity index (χ3v) is 7.80. The zero-order chi connectivity index (χ0) is 21.5. The van der Waals surface area contributed by atoms with Crippen molar-refractivity contribution in [1.82, 2.24) is 14.3 Å². The number of sulfonamides is 1. The molecule has 1 aliphatic rings. The summed E-state index contributed by atoms with van der Waals surface area (Å²) in [5.41, 5.74) is 0.811. The molecule has 0 radical (unpaired) electrons. The molecule has 30 heavy (non-hydrogen) atoms. The summed E-state index contributed by atoms with van der Waals surface area (Å²) in [5, 5.41) is 3.46. The van der Waals surface area contributed by atoms with Crippen LogP contribution in [0, 0.1) is 13.8 Å². The maximum Gasteiger partial charge on any atom is 0.258 e. The second-order valence-electron chi connectivity index (χ2n) is 6.89. The third kappa shape index (κ3) is 3.88. The van der Waals surface area contributed by atoms with Gasteiger partial charge in [0.05, 0.1) is 29.4 Å². The lowest BCUT2D eigenvalue weighted by Crippen LogP contribution is -2.40. The van der Waals surface area contributed by atoms with Gasteiger partial charge in [0.25, 0.3) is 5.91 Å². The Balaban J connectivity index is 1.76. The Bertz CT molecular complexity index is 1270. The molecule has 0 bridgehead atoms. The SMILES string of the molecule is Cc1nc(NC(=O)c2cc(=O)[nH]c3ccc(S(=O)(=O)N4CCOCC4)cc23)sc1C. The van der Waals surface area contributed by atoms with E-state index in [-0.39, 0.29) is 23.5 Å². The average molecular weight is 449 g/mol. The van der Waals surface area contributed by atoms with E-state index in [1.807, 2.05) is 13.8 Å². The predicted octanol–water partition coefficient (Wildman–Crippen LogP) is 1.87. The van der Waals surface area contributed by atoms with Crippen molar-refractivity contribution in [2.45, 2.75) is 18.7 Å². The summed E-state index contributed by atoms with van der Waals surface area (Å²) in [6.07, 6.45) is 0. The fourth-order valence-corrected chi connectivity index (χ4v) is 5.45.